The van der Waals surface area contributed by atoms with Gasteiger partial charge in [-0.15, -0.1) is 0 Å². The van der Waals surface area contributed by atoms with Crippen molar-refractivity contribution in [2.45, 2.75) is 33.4 Å². The summed E-state index contributed by atoms with van der Waals surface area (Å²) in [5, 5.41) is 2.10. The molecule has 0 fully saturated rings. The van der Waals surface area contributed by atoms with E-state index >= 15 is 0 Å². The molecule has 1 amide bonds. The van der Waals surface area contributed by atoms with Crippen LogP contribution in [0.15, 0.2) is 48.7 Å². The fraction of sp³-hybridized carbons (Fsp3) is 0.240. The quantitative estimate of drug-likeness (QED) is 0.484. The Balaban J connectivity index is 1.63. The Bertz CT molecular complexity index is 1360. The lowest BCUT2D eigenvalue weighted by Gasteiger charge is -2.28. The van der Waals surface area contributed by atoms with Gasteiger partial charge in [-0.1, -0.05) is 31.2 Å². The molecular formula is C25H26N6O. The molecule has 3 heterocycles. The van der Waals surface area contributed by atoms with Crippen LogP contribution in [0.25, 0.3) is 33.3 Å². The molecule has 1 aliphatic rings. The third-order valence-corrected chi connectivity index (χ3v) is 6.25. The molecule has 0 radical (unpaired) electrons. The van der Waals surface area contributed by atoms with Crippen molar-refractivity contribution in [1.29, 1.82) is 0 Å². The molecule has 0 spiro atoms. The van der Waals surface area contributed by atoms with Crippen LogP contribution in [0.2, 0.25) is 0 Å². The number of aryl methyl sites for hydroxylation is 1. The zero-order valence-electron chi connectivity index (χ0n) is 18.3. The van der Waals surface area contributed by atoms with Gasteiger partial charge in [-0.2, -0.15) is 0 Å². The number of imidazole rings is 1. The van der Waals surface area contributed by atoms with Crippen molar-refractivity contribution in [3.05, 3.63) is 60.2 Å². The van der Waals surface area contributed by atoms with Gasteiger partial charge in [0.25, 0.3) is 0 Å². The predicted molar refractivity (Wildman–Crippen MR) is 128 cm³/mol. The van der Waals surface area contributed by atoms with Gasteiger partial charge in [0.1, 0.15) is 5.82 Å². The lowest BCUT2D eigenvalue weighted by molar-refractivity contribution is -0.130. The van der Waals surface area contributed by atoms with E-state index in [9.17, 15) is 4.79 Å². The van der Waals surface area contributed by atoms with Gasteiger partial charge < -0.3 is 20.9 Å². The molecule has 2 aromatic heterocycles. The number of pyridine rings is 1. The summed E-state index contributed by atoms with van der Waals surface area (Å²) >= 11 is 0. The molecule has 5 rings (SSSR count). The number of hydrogen-bond acceptors (Lipinski definition) is 5. The molecule has 162 valence electrons. The molecule has 1 aliphatic heterocycles. The van der Waals surface area contributed by atoms with E-state index < -0.39 is 0 Å². The average Bonchev–Trinajstić information content (AvgIpc) is 3.18. The topological polar surface area (TPSA) is 103 Å². The van der Waals surface area contributed by atoms with Crippen LogP contribution in [0.1, 0.15) is 25.4 Å². The van der Waals surface area contributed by atoms with Gasteiger partial charge in [0.15, 0.2) is 0 Å². The first-order chi connectivity index (χ1) is 15.5. The van der Waals surface area contributed by atoms with Gasteiger partial charge in [0.2, 0.25) is 5.91 Å². The van der Waals surface area contributed by atoms with E-state index in [4.69, 9.17) is 21.4 Å². The molecule has 0 atom stereocenters. The molecule has 0 aliphatic carbocycles. The summed E-state index contributed by atoms with van der Waals surface area (Å²) in [5.74, 6) is 1.14. The number of rotatable bonds is 3. The number of carbonyl (C=O) groups excluding carboxylic acids is 1. The first-order valence-electron chi connectivity index (χ1n) is 10.8. The number of hydrogen-bond donors (Lipinski definition) is 2. The number of aromatic nitrogens is 3. The molecule has 32 heavy (non-hydrogen) atoms. The molecular weight excluding hydrogens is 400 g/mol. The van der Waals surface area contributed by atoms with Crippen LogP contribution in [0.5, 0.6) is 0 Å². The third kappa shape index (κ3) is 3.26. The third-order valence-electron chi connectivity index (χ3n) is 6.25. The molecule has 2 aromatic carbocycles. The van der Waals surface area contributed by atoms with Gasteiger partial charge >= 0.3 is 0 Å². The molecule has 0 saturated carbocycles. The van der Waals surface area contributed by atoms with E-state index in [0.29, 0.717) is 17.9 Å². The van der Waals surface area contributed by atoms with Crippen molar-refractivity contribution in [1.82, 2.24) is 19.4 Å². The van der Waals surface area contributed by atoms with Crippen LogP contribution in [-0.4, -0.2) is 31.9 Å². The molecule has 4 N–H and O–H groups in total. The van der Waals surface area contributed by atoms with Crippen LogP contribution >= 0.6 is 0 Å². The van der Waals surface area contributed by atoms with Crippen molar-refractivity contribution in [2.75, 3.05) is 18.0 Å². The highest BCUT2D eigenvalue weighted by molar-refractivity contribution is 5.97. The second-order valence-corrected chi connectivity index (χ2v) is 8.21. The number of amides is 1. The van der Waals surface area contributed by atoms with Crippen molar-refractivity contribution >= 4 is 28.1 Å². The summed E-state index contributed by atoms with van der Waals surface area (Å²) in [5.41, 5.74) is 17.8. The van der Waals surface area contributed by atoms with Crippen LogP contribution < -0.4 is 11.5 Å². The van der Waals surface area contributed by atoms with Crippen molar-refractivity contribution in [3.8, 4) is 22.5 Å². The Morgan fingerprint density at radius 3 is 2.69 bits per heavy atom. The molecule has 0 bridgehead atoms. The minimum atomic E-state index is 0.0912. The maximum Gasteiger partial charge on any atom is 0.219 e. The Labute approximate surface area is 186 Å². The van der Waals surface area contributed by atoms with Crippen molar-refractivity contribution in [2.24, 2.45) is 0 Å². The Kier molecular flexibility index (Phi) is 4.81. The van der Waals surface area contributed by atoms with E-state index in [2.05, 4.69) is 29.7 Å². The van der Waals surface area contributed by atoms with Crippen molar-refractivity contribution in [3.63, 3.8) is 0 Å². The van der Waals surface area contributed by atoms with Crippen LogP contribution in [0, 0.1) is 0 Å². The minimum Gasteiger partial charge on any atom is -0.397 e. The number of carbonyl (C=O) groups is 1. The predicted octanol–water partition coefficient (Wildman–Crippen LogP) is 3.85. The first kappa shape index (κ1) is 20.1. The number of fused-ring (bicyclic) bond motifs is 2. The maximum atomic E-state index is 12.0. The first-order valence-corrected chi connectivity index (χ1v) is 10.8. The SMILES string of the molecule is CCc1nc(-c2cccc3cc(-c4ccc(N)c(N)c4)ncc23)c2n1CCN(C(C)=O)C2. The number of benzene rings is 2. The standard InChI is InChI=1S/C25H26N6O/c1-3-24-29-25(23-14-30(15(2)32)9-10-31(23)24)18-6-4-5-16-12-22(28-13-19(16)18)17-7-8-20(26)21(27)11-17/h4-8,11-13H,3,9-10,14,26-27H2,1-2H3. The van der Waals surface area contributed by atoms with E-state index in [1.54, 1.807) is 13.0 Å². The van der Waals surface area contributed by atoms with Crippen LogP contribution in [0.4, 0.5) is 11.4 Å². The molecule has 7 heteroatoms. The van der Waals surface area contributed by atoms with E-state index in [-0.39, 0.29) is 5.91 Å². The van der Waals surface area contributed by atoms with Crippen LogP contribution in [-0.2, 0) is 24.3 Å². The lowest BCUT2D eigenvalue weighted by atomic mass is 10.00. The zero-order chi connectivity index (χ0) is 22.4. The minimum absolute atomic E-state index is 0.0912. The Hall–Kier alpha value is -3.87. The lowest BCUT2D eigenvalue weighted by Crippen LogP contribution is -2.37. The number of anilines is 2. The molecule has 4 aromatic rings. The summed E-state index contributed by atoms with van der Waals surface area (Å²) in [6.07, 6.45) is 2.74. The number of nitrogens with two attached hydrogens (primary N) is 2. The normalized spacial score (nSPS) is 13.4. The zero-order valence-corrected chi connectivity index (χ0v) is 18.3. The Morgan fingerprint density at radius 1 is 1.09 bits per heavy atom. The summed E-state index contributed by atoms with van der Waals surface area (Å²) < 4.78 is 2.27. The van der Waals surface area contributed by atoms with Gasteiger partial charge in [0, 0.05) is 49.1 Å². The number of nitrogens with zero attached hydrogens (tertiary/aromatic N) is 4. The van der Waals surface area contributed by atoms with Gasteiger partial charge in [-0.3, -0.25) is 9.78 Å². The van der Waals surface area contributed by atoms with E-state index in [1.165, 1.54) is 0 Å². The van der Waals surface area contributed by atoms with Gasteiger partial charge in [-0.05, 0) is 23.6 Å². The van der Waals surface area contributed by atoms with Crippen LogP contribution in [0.3, 0.4) is 0 Å². The molecule has 0 saturated heterocycles. The average molecular weight is 427 g/mol. The molecule has 0 unspecified atom stereocenters. The summed E-state index contributed by atoms with van der Waals surface area (Å²) in [7, 11) is 0. The highest BCUT2D eigenvalue weighted by Gasteiger charge is 2.26. The highest BCUT2D eigenvalue weighted by atomic mass is 16.2. The highest BCUT2D eigenvalue weighted by Crippen LogP contribution is 2.34. The molecule has 7 nitrogen and oxygen atoms in total. The smallest absolute Gasteiger partial charge is 0.219 e. The summed E-state index contributed by atoms with van der Waals surface area (Å²) in [6.45, 7) is 5.81. The fourth-order valence-corrected chi connectivity index (χ4v) is 4.47. The van der Waals surface area contributed by atoms with E-state index in [1.807, 2.05) is 29.3 Å². The second-order valence-electron chi connectivity index (χ2n) is 8.21. The largest absolute Gasteiger partial charge is 0.397 e. The second kappa shape index (κ2) is 7.67. The van der Waals surface area contributed by atoms with E-state index in [0.717, 1.165) is 64.3 Å². The monoisotopic (exact) mass is 426 g/mol. The summed E-state index contributed by atoms with van der Waals surface area (Å²) in [4.78, 5) is 23.6. The Morgan fingerprint density at radius 2 is 1.94 bits per heavy atom. The van der Waals surface area contributed by atoms with Gasteiger partial charge in [0.05, 0.1) is 35.0 Å². The maximum absolute atomic E-state index is 12.0. The fourth-order valence-electron chi connectivity index (χ4n) is 4.47. The van der Waals surface area contributed by atoms with Gasteiger partial charge in [-0.25, -0.2) is 4.98 Å². The number of nitrogen functional groups attached to an aromatic ring is 2. The van der Waals surface area contributed by atoms with Crippen molar-refractivity contribution < 1.29 is 4.79 Å². The summed E-state index contributed by atoms with van der Waals surface area (Å²) in [6, 6.07) is 13.9.